The summed E-state index contributed by atoms with van der Waals surface area (Å²) in [7, 11) is 0. The number of aryl methyl sites for hydroxylation is 1. The van der Waals surface area contributed by atoms with Crippen LogP contribution in [0.4, 0.5) is 0 Å². The van der Waals surface area contributed by atoms with Crippen LogP contribution in [0, 0.1) is 6.92 Å². The van der Waals surface area contributed by atoms with E-state index in [2.05, 4.69) is 15.3 Å². The van der Waals surface area contributed by atoms with Gasteiger partial charge in [0.25, 0.3) is 5.91 Å². The van der Waals surface area contributed by atoms with Gasteiger partial charge in [-0.1, -0.05) is 12.1 Å². The molecular weight excluding hydrogens is 304 g/mol. The van der Waals surface area contributed by atoms with E-state index < -0.39 is 0 Å². The average Bonchev–Trinajstić information content (AvgIpc) is 3.16. The zero-order valence-electron chi connectivity index (χ0n) is 13.4. The molecule has 0 bridgehead atoms. The molecule has 6 nitrogen and oxygen atoms in total. The lowest BCUT2D eigenvalue weighted by Gasteiger charge is -2.08. The molecule has 1 amide bonds. The molecule has 0 radical (unpaired) electrons. The molecule has 1 aliphatic rings. The standard InChI is InChI=1S/C18H18N4O2/c1-12-19-8-9-22(12)15-6-2-13(3-7-15)10-20-18(23)16-17(14-4-5-14)24-11-21-16/h2-3,6-9,11,14H,4-5,10H2,1H3,(H,20,23). The predicted octanol–water partition coefficient (Wildman–Crippen LogP) is 2.98. The van der Waals surface area contributed by atoms with Crippen molar-refractivity contribution in [1.29, 1.82) is 0 Å². The molecule has 1 N–H and O–H groups in total. The number of carbonyl (C=O) groups excluding carboxylic acids is 1. The summed E-state index contributed by atoms with van der Waals surface area (Å²) < 4.78 is 7.36. The maximum Gasteiger partial charge on any atom is 0.273 e. The molecule has 4 rings (SSSR count). The average molecular weight is 322 g/mol. The van der Waals surface area contributed by atoms with Gasteiger partial charge in [0.05, 0.1) is 0 Å². The Bertz CT molecular complexity index is 859. The van der Waals surface area contributed by atoms with Crippen LogP contribution in [-0.2, 0) is 6.54 Å². The summed E-state index contributed by atoms with van der Waals surface area (Å²) in [5.41, 5.74) is 2.50. The molecule has 1 aliphatic carbocycles. The molecule has 0 atom stereocenters. The molecule has 24 heavy (non-hydrogen) atoms. The second-order valence-electron chi connectivity index (χ2n) is 6.03. The summed E-state index contributed by atoms with van der Waals surface area (Å²) in [6.07, 6.45) is 7.20. The van der Waals surface area contributed by atoms with Gasteiger partial charge in [-0.15, -0.1) is 0 Å². The van der Waals surface area contributed by atoms with Gasteiger partial charge in [0.1, 0.15) is 11.6 Å². The van der Waals surface area contributed by atoms with E-state index >= 15 is 0 Å². The van der Waals surface area contributed by atoms with Gasteiger partial charge in [-0.05, 0) is 37.5 Å². The lowest BCUT2D eigenvalue weighted by atomic mass is 10.2. The molecule has 122 valence electrons. The first-order chi connectivity index (χ1) is 11.7. The van der Waals surface area contributed by atoms with Crippen LogP contribution in [-0.4, -0.2) is 20.4 Å². The predicted molar refractivity (Wildman–Crippen MR) is 87.9 cm³/mol. The molecule has 3 aromatic rings. The number of nitrogens with one attached hydrogen (secondary N) is 1. The summed E-state index contributed by atoms with van der Waals surface area (Å²) in [4.78, 5) is 20.6. The van der Waals surface area contributed by atoms with E-state index in [1.54, 1.807) is 6.20 Å². The fourth-order valence-electron chi connectivity index (χ4n) is 2.75. The molecule has 0 unspecified atom stereocenters. The summed E-state index contributed by atoms with van der Waals surface area (Å²) in [5, 5.41) is 2.91. The Hall–Kier alpha value is -2.89. The molecule has 0 aliphatic heterocycles. The van der Waals surface area contributed by atoms with Crippen LogP contribution < -0.4 is 5.32 Å². The Kier molecular flexibility index (Phi) is 3.65. The molecular formula is C18H18N4O2. The molecule has 6 heteroatoms. The van der Waals surface area contributed by atoms with Gasteiger partial charge in [-0.25, -0.2) is 9.97 Å². The Morgan fingerprint density at radius 1 is 1.29 bits per heavy atom. The third kappa shape index (κ3) is 2.82. The van der Waals surface area contributed by atoms with Gasteiger partial charge in [-0.3, -0.25) is 4.79 Å². The Morgan fingerprint density at radius 3 is 2.75 bits per heavy atom. The third-order valence-electron chi connectivity index (χ3n) is 4.25. The second kappa shape index (κ2) is 5.96. The zero-order valence-corrected chi connectivity index (χ0v) is 13.4. The summed E-state index contributed by atoms with van der Waals surface area (Å²) in [6.45, 7) is 2.42. The lowest BCUT2D eigenvalue weighted by molar-refractivity contribution is 0.0944. The SMILES string of the molecule is Cc1nccn1-c1ccc(CNC(=O)c2ncoc2C2CC2)cc1. The van der Waals surface area contributed by atoms with Crippen molar-refractivity contribution in [3.63, 3.8) is 0 Å². The van der Waals surface area contributed by atoms with Gasteiger partial charge in [0, 0.05) is 30.5 Å². The molecule has 2 heterocycles. The Labute approximate surface area is 139 Å². The van der Waals surface area contributed by atoms with Crippen molar-refractivity contribution in [2.24, 2.45) is 0 Å². The number of hydrogen-bond acceptors (Lipinski definition) is 4. The quantitative estimate of drug-likeness (QED) is 0.784. The first kappa shape index (κ1) is 14.7. The van der Waals surface area contributed by atoms with E-state index in [0.717, 1.165) is 35.7 Å². The number of amides is 1. The van der Waals surface area contributed by atoms with E-state index in [1.165, 1.54) is 6.39 Å². The van der Waals surface area contributed by atoms with Crippen molar-refractivity contribution >= 4 is 5.91 Å². The third-order valence-corrected chi connectivity index (χ3v) is 4.25. The number of rotatable bonds is 5. The van der Waals surface area contributed by atoms with Crippen LogP contribution in [0.2, 0.25) is 0 Å². The Morgan fingerprint density at radius 2 is 2.08 bits per heavy atom. The number of imidazole rings is 1. The lowest BCUT2D eigenvalue weighted by Crippen LogP contribution is -2.24. The van der Waals surface area contributed by atoms with Crippen LogP contribution in [0.15, 0.2) is 47.5 Å². The topological polar surface area (TPSA) is 73.0 Å². The fourth-order valence-corrected chi connectivity index (χ4v) is 2.75. The molecule has 2 aromatic heterocycles. The van der Waals surface area contributed by atoms with Crippen molar-refractivity contribution in [3.8, 4) is 5.69 Å². The highest BCUT2D eigenvalue weighted by Crippen LogP contribution is 2.41. The number of nitrogens with zero attached hydrogens (tertiary/aromatic N) is 3. The van der Waals surface area contributed by atoms with Gasteiger partial charge >= 0.3 is 0 Å². The first-order valence-corrected chi connectivity index (χ1v) is 8.03. The van der Waals surface area contributed by atoms with Gasteiger partial charge in [0.2, 0.25) is 0 Å². The molecule has 1 saturated carbocycles. The highest BCUT2D eigenvalue weighted by atomic mass is 16.3. The molecule has 1 fully saturated rings. The van der Waals surface area contributed by atoms with Gasteiger partial charge < -0.3 is 14.3 Å². The van der Waals surface area contributed by atoms with Crippen molar-refractivity contribution in [1.82, 2.24) is 19.9 Å². The van der Waals surface area contributed by atoms with Crippen LogP contribution >= 0.6 is 0 Å². The zero-order chi connectivity index (χ0) is 16.5. The molecule has 1 aromatic carbocycles. The minimum atomic E-state index is -0.180. The smallest absolute Gasteiger partial charge is 0.273 e. The summed E-state index contributed by atoms with van der Waals surface area (Å²) in [6, 6.07) is 8.03. The van der Waals surface area contributed by atoms with E-state index in [9.17, 15) is 4.79 Å². The number of benzene rings is 1. The number of oxazole rings is 1. The molecule has 0 spiro atoms. The highest BCUT2D eigenvalue weighted by Gasteiger charge is 2.32. The van der Waals surface area contributed by atoms with E-state index in [1.807, 2.05) is 42.0 Å². The number of aromatic nitrogens is 3. The summed E-state index contributed by atoms with van der Waals surface area (Å²) >= 11 is 0. The fraction of sp³-hybridized carbons (Fsp3) is 0.278. The van der Waals surface area contributed by atoms with Crippen molar-refractivity contribution < 1.29 is 9.21 Å². The summed E-state index contributed by atoms with van der Waals surface area (Å²) in [5.74, 6) is 1.85. The van der Waals surface area contributed by atoms with Crippen molar-refractivity contribution in [2.45, 2.75) is 32.2 Å². The van der Waals surface area contributed by atoms with Gasteiger partial charge in [-0.2, -0.15) is 0 Å². The van der Waals surface area contributed by atoms with Crippen molar-refractivity contribution in [3.05, 3.63) is 65.9 Å². The largest absolute Gasteiger partial charge is 0.447 e. The van der Waals surface area contributed by atoms with Crippen LogP contribution in [0.5, 0.6) is 0 Å². The van der Waals surface area contributed by atoms with Crippen molar-refractivity contribution in [2.75, 3.05) is 0 Å². The van der Waals surface area contributed by atoms with E-state index in [-0.39, 0.29) is 5.91 Å². The van der Waals surface area contributed by atoms with Crippen LogP contribution in [0.1, 0.15) is 46.4 Å². The number of carbonyl (C=O) groups is 1. The highest BCUT2D eigenvalue weighted by molar-refractivity contribution is 5.93. The van der Waals surface area contributed by atoms with E-state index in [0.29, 0.717) is 18.2 Å². The minimum absolute atomic E-state index is 0.180. The maximum absolute atomic E-state index is 12.3. The van der Waals surface area contributed by atoms with Crippen LogP contribution in [0.25, 0.3) is 5.69 Å². The number of hydrogen-bond donors (Lipinski definition) is 1. The monoisotopic (exact) mass is 322 g/mol. The minimum Gasteiger partial charge on any atom is -0.447 e. The van der Waals surface area contributed by atoms with E-state index in [4.69, 9.17) is 4.42 Å². The second-order valence-corrected chi connectivity index (χ2v) is 6.03. The van der Waals surface area contributed by atoms with Crippen LogP contribution in [0.3, 0.4) is 0 Å². The first-order valence-electron chi connectivity index (χ1n) is 8.03. The maximum atomic E-state index is 12.3. The Balaban J connectivity index is 1.41. The molecule has 0 saturated heterocycles. The normalized spacial score (nSPS) is 13.9. The van der Waals surface area contributed by atoms with Gasteiger partial charge in [0.15, 0.2) is 12.1 Å².